The van der Waals surface area contributed by atoms with E-state index in [0.29, 0.717) is 5.75 Å². The van der Waals surface area contributed by atoms with Gasteiger partial charge in [0.05, 0.1) is 0 Å². The van der Waals surface area contributed by atoms with Crippen LogP contribution in [0, 0.1) is 0 Å². The summed E-state index contributed by atoms with van der Waals surface area (Å²) in [5.41, 5.74) is 7.81. The minimum Gasteiger partial charge on any atom is -0.427 e. The lowest BCUT2D eigenvalue weighted by atomic mass is 10.0. The number of esters is 1. The lowest BCUT2D eigenvalue weighted by molar-refractivity contribution is -0.131. The van der Waals surface area contributed by atoms with Crippen molar-refractivity contribution in [2.24, 2.45) is 0 Å². The lowest BCUT2D eigenvalue weighted by Gasteiger charge is -2.26. The number of hydrogen-bond donors (Lipinski definition) is 0. The molecule has 3 heteroatoms. The van der Waals surface area contributed by atoms with Crippen molar-refractivity contribution in [1.29, 1.82) is 0 Å². The highest BCUT2D eigenvalue weighted by molar-refractivity contribution is 5.79. The summed E-state index contributed by atoms with van der Waals surface area (Å²) in [6.07, 6.45) is 0. The summed E-state index contributed by atoms with van der Waals surface area (Å²) in [6.45, 7) is 1.40. The van der Waals surface area contributed by atoms with Crippen LogP contribution < -0.4 is 9.64 Å². The highest BCUT2D eigenvalue weighted by Gasteiger charge is 2.13. The molecule has 5 aromatic rings. The van der Waals surface area contributed by atoms with Gasteiger partial charge in [0.25, 0.3) is 0 Å². The van der Waals surface area contributed by atoms with Gasteiger partial charge in [0.2, 0.25) is 0 Å². The maximum atomic E-state index is 11.2. The van der Waals surface area contributed by atoms with Crippen LogP contribution in [0.1, 0.15) is 6.92 Å². The third kappa shape index (κ3) is 5.15. The largest absolute Gasteiger partial charge is 0.427 e. The number of anilines is 3. The Kier molecular flexibility index (Phi) is 6.40. The Labute approximate surface area is 205 Å². The second kappa shape index (κ2) is 10.1. The fourth-order valence-corrected chi connectivity index (χ4v) is 4.14. The van der Waals surface area contributed by atoms with Crippen LogP contribution in [0.4, 0.5) is 17.1 Å². The summed E-state index contributed by atoms with van der Waals surface area (Å²) in [5, 5.41) is 0. The first-order valence-electron chi connectivity index (χ1n) is 11.6. The predicted octanol–water partition coefficient (Wildman–Crippen LogP) is 8.42. The maximum absolute atomic E-state index is 11.2. The van der Waals surface area contributed by atoms with Crippen molar-refractivity contribution in [3.05, 3.63) is 133 Å². The summed E-state index contributed by atoms with van der Waals surface area (Å²) < 4.78 is 5.14. The molecule has 0 radical (unpaired) electrons. The molecule has 0 amide bonds. The number of carbonyl (C=O) groups excluding carboxylic acids is 1. The quantitative estimate of drug-likeness (QED) is 0.190. The zero-order valence-corrected chi connectivity index (χ0v) is 19.5. The Balaban J connectivity index is 1.46. The van der Waals surface area contributed by atoms with Crippen LogP contribution in [-0.2, 0) is 4.79 Å². The SMILES string of the molecule is CC(=O)Oc1ccc(-c2ccc(N(c3ccccc3)c3ccc(-c4ccccc4)cc3)cc2)cc1. The first kappa shape index (κ1) is 22.2. The van der Waals surface area contributed by atoms with E-state index in [1.165, 1.54) is 18.1 Å². The molecule has 170 valence electrons. The van der Waals surface area contributed by atoms with E-state index in [4.69, 9.17) is 4.74 Å². The Morgan fingerprint density at radius 2 is 0.857 bits per heavy atom. The van der Waals surface area contributed by atoms with Crippen LogP contribution in [0.5, 0.6) is 5.75 Å². The summed E-state index contributed by atoms with van der Waals surface area (Å²) >= 11 is 0. The molecule has 0 aliphatic carbocycles. The van der Waals surface area contributed by atoms with Gasteiger partial charge in [-0.3, -0.25) is 4.79 Å². The van der Waals surface area contributed by atoms with E-state index in [1.54, 1.807) is 0 Å². The molecule has 0 atom stereocenters. The fraction of sp³-hybridized carbons (Fsp3) is 0.0312. The monoisotopic (exact) mass is 455 g/mol. The minimum atomic E-state index is -0.320. The average molecular weight is 456 g/mol. The van der Waals surface area contributed by atoms with Gasteiger partial charge in [0.1, 0.15) is 5.75 Å². The number of para-hydroxylation sites is 1. The van der Waals surface area contributed by atoms with E-state index in [2.05, 4.69) is 102 Å². The van der Waals surface area contributed by atoms with Crippen molar-refractivity contribution in [3.63, 3.8) is 0 Å². The minimum absolute atomic E-state index is 0.320. The van der Waals surface area contributed by atoms with Gasteiger partial charge in [-0.2, -0.15) is 0 Å². The smallest absolute Gasteiger partial charge is 0.308 e. The molecule has 0 bridgehead atoms. The molecule has 0 saturated carbocycles. The van der Waals surface area contributed by atoms with Crippen molar-refractivity contribution in [1.82, 2.24) is 0 Å². The van der Waals surface area contributed by atoms with Gasteiger partial charge >= 0.3 is 5.97 Å². The number of nitrogens with zero attached hydrogens (tertiary/aromatic N) is 1. The van der Waals surface area contributed by atoms with Crippen molar-refractivity contribution >= 4 is 23.0 Å². The molecule has 5 rings (SSSR count). The van der Waals surface area contributed by atoms with E-state index in [1.807, 2.05) is 36.4 Å². The summed E-state index contributed by atoms with van der Waals surface area (Å²) in [4.78, 5) is 13.4. The Hall–Kier alpha value is -4.63. The standard InChI is InChI=1S/C32H25NO2/c1-24(34)35-32-22-16-28(17-23-32)27-14-20-31(21-15-27)33(29-10-6-3-7-11-29)30-18-12-26(13-19-30)25-8-4-2-5-9-25/h2-23H,1H3. The highest BCUT2D eigenvalue weighted by atomic mass is 16.5. The third-order valence-electron chi connectivity index (χ3n) is 5.82. The molecular formula is C32H25NO2. The first-order chi connectivity index (χ1) is 17.2. The van der Waals surface area contributed by atoms with Crippen molar-refractivity contribution in [3.8, 4) is 28.0 Å². The highest BCUT2D eigenvalue weighted by Crippen LogP contribution is 2.36. The second-order valence-electron chi connectivity index (χ2n) is 8.25. The van der Waals surface area contributed by atoms with Crippen LogP contribution in [0.3, 0.4) is 0 Å². The van der Waals surface area contributed by atoms with Gasteiger partial charge in [-0.1, -0.05) is 84.9 Å². The Bertz CT molecular complexity index is 1390. The molecule has 0 saturated heterocycles. The van der Waals surface area contributed by atoms with E-state index in [9.17, 15) is 4.79 Å². The van der Waals surface area contributed by atoms with E-state index in [-0.39, 0.29) is 5.97 Å². The Morgan fingerprint density at radius 1 is 0.486 bits per heavy atom. The molecule has 5 aromatic carbocycles. The molecule has 0 aliphatic rings. The van der Waals surface area contributed by atoms with Crippen LogP contribution in [0.15, 0.2) is 133 Å². The summed E-state index contributed by atoms with van der Waals surface area (Å²) in [7, 11) is 0. The van der Waals surface area contributed by atoms with Gasteiger partial charge < -0.3 is 9.64 Å². The normalized spacial score (nSPS) is 10.5. The molecule has 0 heterocycles. The molecule has 0 fully saturated rings. The lowest BCUT2D eigenvalue weighted by Crippen LogP contribution is -2.09. The molecule has 0 spiro atoms. The van der Waals surface area contributed by atoms with Crippen LogP contribution >= 0.6 is 0 Å². The van der Waals surface area contributed by atoms with Gasteiger partial charge in [-0.25, -0.2) is 0 Å². The number of rotatable bonds is 6. The van der Waals surface area contributed by atoms with E-state index >= 15 is 0 Å². The van der Waals surface area contributed by atoms with Crippen LogP contribution in [0.25, 0.3) is 22.3 Å². The number of hydrogen-bond acceptors (Lipinski definition) is 3. The predicted molar refractivity (Wildman–Crippen MR) is 143 cm³/mol. The number of benzene rings is 5. The molecule has 3 nitrogen and oxygen atoms in total. The molecule has 35 heavy (non-hydrogen) atoms. The average Bonchev–Trinajstić information content (AvgIpc) is 2.91. The van der Waals surface area contributed by atoms with E-state index in [0.717, 1.165) is 28.2 Å². The summed E-state index contributed by atoms with van der Waals surface area (Å²) in [6, 6.07) is 45.5. The maximum Gasteiger partial charge on any atom is 0.308 e. The van der Waals surface area contributed by atoms with Gasteiger partial charge in [-0.05, 0) is 70.8 Å². The van der Waals surface area contributed by atoms with Crippen molar-refractivity contribution in [2.45, 2.75) is 6.92 Å². The molecule has 0 N–H and O–H groups in total. The number of ether oxygens (including phenoxy) is 1. The van der Waals surface area contributed by atoms with Crippen LogP contribution in [-0.4, -0.2) is 5.97 Å². The van der Waals surface area contributed by atoms with Gasteiger partial charge in [0.15, 0.2) is 0 Å². The first-order valence-corrected chi connectivity index (χ1v) is 11.6. The molecule has 0 aromatic heterocycles. The Morgan fingerprint density at radius 3 is 1.31 bits per heavy atom. The van der Waals surface area contributed by atoms with Crippen LogP contribution in [0.2, 0.25) is 0 Å². The third-order valence-corrected chi connectivity index (χ3v) is 5.82. The van der Waals surface area contributed by atoms with Gasteiger partial charge in [0, 0.05) is 24.0 Å². The fourth-order valence-electron chi connectivity index (χ4n) is 4.14. The molecule has 0 unspecified atom stereocenters. The number of carbonyl (C=O) groups is 1. The summed E-state index contributed by atoms with van der Waals surface area (Å²) in [5.74, 6) is 0.229. The zero-order valence-electron chi connectivity index (χ0n) is 19.5. The van der Waals surface area contributed by atoms with E-state index < -0.39 is 0 Å². The topological polar surface area (TPSA) is 29.5 Å². The zero-order chi connectivity index (χ0) is 24.0. The van der Waals surface area contributed by atoms with Crippen molar-refractivity contribution < 1.29 is 9.53 Å². The van der Waals surface area contributed by atoms with Crippen molar-refractivity contribution in [2.75, 3.05) is 4.90 Å². The van der Waals surface area contributed by atoms with Gasteiger partial charge in [-0.15, -0.1) is 0 Å². The molecule has 0 aliphatic heterocycles. The second-order valence-corrected chi connectivity index (χ2v) is 8.25. The molecular weight excluding hydrogens is 430 g/mol.